The van der Waals surface area contributed by atoms with Crippen molar-refractivity contribution in [3.05, 3.63) is 0 Å². The molecule has 0 rings (SSSR count). The lowest BCUT2D eigenvalue weighted by Crippen LogP contribution is -2.48. The van der Waals surface area contributed by atoms with Crippen molar-refractivity contribution in [2.75, 3.05) is 6.54 Å². The molecule has 0 aromatic rings. The Morgan fingerprint density at radius 1 is 1.53 bits per heavy atom. The van der Waals surface area contributed by atoms with Crippen molar-refractivity contribution in [3.63, 3.8) is 0 Å². The molecule has 0 aliphatic rings. The van der Waals surface area contributed by atoms with Gasteiger partial charge in [0.2, 0.25) is 0 Å². The second-order valence-corrected chi connectivity index (χ2v) is 4.52. The van der Waals surface area contributed by atoms with Crippen LogP contribution in [0.15, 0.2) is 5.16 Å². The van der Waals surface area contributed by atoms with Gasteiger partial charge in [0.15, 0.2) is 5.84 Å². The molecule has 0 saturated heterocycles. The van der Waals surface area contributed by atoms with Crippen molar-refractivity contribution in [3.8, 4) is 0 Å². The lowest BCUT2D eigenvalue weighted by Gasteiger charge is -2.16. The van der Waals surface area contributed by atoms with E-state index >= 15 is 0 Å². The molecule has 8 heteroatoms. The summed E-state index contributed by atoms with van der Waals surface area (Å²) in [6.45, 7) is 3.82. The molecule has 0 fully saturated rings. The molecule has 0 aromatic heterocycles. The summed E-state index contributed by atoms with van der Waals surface area (Å²) in [5.41, 5.74) is 5.35. The SMILES string of the molecule is CCCC(NS(=O)(=O)NCC)C(N)=NO. The van der Waals surface area contributed by atoms with E-state index < -0.39 is 16.3 Å². The van der Waals surface area contributed by atoms with Gasteiger partial charge in [-0.2, -0.15) is 13.1 Å². The molecule has 0 amide bonds. The van der Waals surface area contributed by atoms with Gasteiger partial charge < -0.3 is 10.9 Å². The minimum Gasteiger partial charge on any atom is -0.409 e. The van der Waals surface area contributed by atoms with Gasteiger partial charge in [0.25, 0.3) is 10.2 Å². The fraction of sp³-hybridized carbons (Fsp3) is 0.857. The Morgan fingerprint density at radius 2 is 2.13 bits per heavy atom. The van der Waals surface area contributed by atoms with Crippen LogP contribution in [0.1, 0.15) is 26.7 Å². The zero-order valence-corrected chi connectivity index (χ0v) is 9.71. The molecule has 0 aliphatic heterocycles. The summed E-state index contributed by atoms with van der Waals surface area (Å²) in [6.07, 6.45) is 1.19. The maximum Gasteiger partial charge on any atom is 0.277 e. The molecule has 7 nitrogen and oxygen atoms in total. The van der Waals surface area contributed by atoms with Gasteiger partial charge in [-0.15, -0.1) is 0 Å². The predicted molar refractivity (Wildman–Crippen MR) is 57.8 cm³/mol. The van der Waals surface area contributed by atoms with Gasteiger partial charge in [0.05, 0.1) is 6.04 Å². The van der Waals surface area contributed by atoms with Crippen LogP contribution in [0, 0.1) is 0 Å². The summed E-state index contributed by atoms with van der Waals surface area (Å²) in [4.78, 5) is 0. The van der Waals surface area contributed by atoms with Crippen molar-refractivity contribution >= 4 is 16.0 Å². The normalized spacial score (nSPS) is 15.2. The molecule has 1 unspecified atom stereocenters. The van der Waals surface area contributed by atoms with E-state index in [2.05, 4.69) is 14.6 Å². The van der Waals surface area contributed by atoms with Crippen molar-refractivity contribution in [2.24, 2.45) is 10.9 Å². The Labute approximate surface area is 89.9 Å². The number of nitrogens with one attached hydrogen (secondary N) is 2. The molecule has 5 N–H and O–H groups in total. The Morgan fingerprint density at radius 3 is 2.53 bits per heavy atom. The molecule has 15 heavy (non-hydrogen) atoms. The summed E-state index contributed by atoms with van der Waals surface area (Å²) in [7, 11) is -3.58. The molecule has 0 radical (unpaired) electrons. The monoisotopic (exact) mass is 238 g/mol. The summed E-state index contributed by atoms with van der Waals surface area (Å²) >= 11 is 0. The minimum atomic E-state index is -3.58. The number of amidine groups is 1. The minimum absolute atomic E-state index is 0.140. The molecule has 0 saturated carbocycles. The summed E-state index contributed by atoms with van der Waals surface area (Å²) in [5, 5.41) is 11.3. The average Bonchev–Trinajstić information content (AvgIpc) is 2.15. The van der Waals surface area contributed by atoms with Crippen LogP contribution >= 0.6 is 0 Å². The van der Waals surface area contributed by atoms with Gasteiger partial charge in [-0.3, -0.25) is 0 Å². The first-order valence-electron chi connectivity index (χ1n) is 4.71. The Bertz CT molecular complexity index is 301. The van der Waals surface area contributed by atoms with Crippen LogP contribution in [0.2, 0.25) is 0 Å². The van der Waals surface area contributed by atoms with Crippen LogP contribution in [-0.4, -0.2) is 32.0 Å². The van der Waals surface area contributed by atoms with Gasteiger partial charge in [-0.05, 0) is 6.42 Å². The molecule has 90 valence electrons. The highest BCUT2D eigenvalue weighted by molar-refractivity contribution is 7.87. The number of hydrogen-bond acceptors (Lipinski definition) is 4. The van der Waals surface area contributed by atoms with Crippen LogP contribution in [0.5, 0.6) is 0 Å². The second kappa shape index (κ2) is 6.59. The first-order valence-corrected chi connectivity index (χ1v) is 6.19. The topological polar surface area (TPSA) is 117 Å². The zero-order valence-electron chi connectivity index (χ0n) is 8.90. The zero-order chi connectivity index (χ0) is 11.9. The Hall–Kier alpha value is -0.860. The molecule has 0 aliphatic carbocycles. The largest absolute Gasteiger partial charge is 0.409 e. The van der Waals surface area contributed by atoms with E-state index in [1.807, 2.05) is 6.92 Å². The van der Waals surface area contributed by atoms with Gasteiger partial charge in [-0.25, -0.2) is 4.72 Å². The molecule has 1 atom stereocenters. The fourth-order valence-corrected chi connectivity index (χ4v) is 2.12. The molecule has 0 bridgehead atoms. The van der Waals surface area contributed by atoms with E-state index in [9.17, 15) is 8.42 Å². The van der Waals surface area contributed by atoms with Crippen LogP contribution < -0.4 is 15.2 Å². The average molecular weight is 238 g/mol. The molecule has 0 spiro atoms. The molecule has 0 heterocycles. The molecular formula is C7H18N4O3S. The molecular weight excluding hydrogens is 220 g/mol. The third-order valence-electron chi connectivity index (χ3n) is 1.68. The number of hydrogen-bond donors (Lipinski definition) is 4. The lowest BCUT2D eigenvalue weighted by molar-refractivity contribution is 0.315. The van der Waals surface area contributed by atoms with E-state index in [0.717, 1.165) is 6.42 Å². The first kappa shape index (κ1) is 14.1. The van der Waals surface area contributed by atoms with Gasteiger partial charge in [0, 0.05) is 6.54 Å². The van der Waals surface area contributed by atoms with Crippen LogP contribution in [0.4, 0.5) is 0 Å². The standard InChI is InChI=1S/C7H18N4O3S/c1-3-5-6(7(8)10-12)11-15(13,14)9-4-2/h6,9,11-12H,3-5H2,1-2H3,(H2,8,10). The van der Waals surface area contributed by atoms with Gasteiger partial charge in [-0.1, -0.05) is 25.4 Å². The third kappa shape index (κ3) is 5.55. The summed E-state index contributed by atoms with van der Waals surface area (Å²) in [5.74, 6) is -0.140. The van der Waals surface area contributed by atoms with Crippen molar-refractivity contribution in [1.82, 2.24) is 9.44 Å². The maximum atomic E-state index is 11.3. The predicted octanol–water partition coefficient (Wildman–Crippen LogP) is -0.655. The van der Waals surface area contributed by atoms with Crippen molar-refractivity contribution in [1.29, 1.82) is 0 Å². The third-order valence-corrected chi connectivity index (χ3v) is 2.95. The highest BCUT2D eigenvalue weighted by Gasteiger charge is 2.19. The fourth-order valence-electron chi connectivity index (χ4n) is 1.04. The summed E-state index contributed by atoms with van der Waals surface area (Å²) < 4.78 is 27.2. The van der Waals surface area contributed by atoms with E-state index in [4.69, 9.17) is 10.9 Å². The van der Waals surface area contributed by atoms with Crippen LogP contribution in [-0.2, 0) is 10.2 Å². The van der Waals surface area contributed by atoms with Crippen molar-refractivity contribution in [2.45, 2.75) is 32.7 Å². The number of rotatable bonds is 7. The number of nitrogens with two attached hydrogens (primary N) is 1. The lowest BCUT2D eigenvalue weighted by atomic mass is 10.2. The van der Waals surface area contributed by atoms with E-state index in [-0.39, 0.29) is 12.4 Å². The maximum absolute atomic E-state index is 11.3. The second-order valence-electron chi connectivity index (χ2n) is 2.99. The van der Waals surface area contributed by atoms with E-state index in [0.29, 0.717) is 6.42 Å². The van der Waals surface area contributed by atoms with Gasteiger partial charge >= 0.3 is 0 Å². The van der Waals surface area contributed by atoms with E-state index in [1.54, 1.807) is 6.92 Å². The molecule has 0 aromatic carbocycles. The summed E-state index contributed by atoms with van der Waals surface area (Å²) in [6, 6.07) is -0.677. The smallest absolute Gasteiger partial charge is 0.277 e. The quantitative estimate of drug-likeness (QED) is 0.204. The van der Waals surface area contributed by atoms with E-state index in [1.165, 1.54) is 0 Å². The number of oxime groups is 1. The highest BCUT2D eigenvalue weighted by atomic mass is 32.2. The first-order chi connectivity index (χ1) is 6.96. The Kier molecular flexibility index (Phi) is 6.21. The van der Waals surface area contributed by atoms with Crippen LogP contribution in [0.25, 0.3) is 0 Å². The highest BCUT2D eigenvalue weighted by Crippen LogP contribution is 1.98. The number of nitrogens with zero attached hydrogens (tertiary/aromatic N) is 1. The van der Waals surface area contributed by atoms with Crippen molar-refractivity contribution < 1.29 is 13.6 Å². The van der Waals surface area contributed by atoms with Crippen LogP contribution in [0.3, 0.4) is 0 Å². The van der Waals surface area contributed by atoms with Gasteiger partial charge in [0.1, 0.15) is 0 Å². The Balaban J connectivity index is 4.54.